The number of nitrogens with zero attached hydrogens (tertiary/aromatic N) is 5. The number of benzene rings is 2. The van der Waals surface area contributed by atoms with Crippen LogP contribution in [0.15, 0.2) is 48.5 Å². The molecule has 1 N–H and O–H groups in total. The normalized spacial score (nSPS) is 16.7. The van der Waals surface area contributed by atoms with Crippen LogP contribution in [0.1, 0.15) is 18.5 Å². The molecule has 2 amide bonds. The van der Waals surface area contributed by atoms with Gasteiger partial charge in [0, 0.05) is 56.7 Å². The Labute approximate surface area is 182 Å². The summed E-state index contributed by atoms with van der Waals surface area (Å²) in [6.45, 7) is 6.96. The van der Waals surface area contributed by atoms with Crippen LogP contribution in [0.5, 0.6) is 0 Å². The smallest absolute Gasteiger partial charge is 0.321 e. The lowest BCUT2D eigenvalue weighted by Gasteiger charge is -2.35. The molecule has 5 rings (SSSR count). The van der Waals surface area contributed by atoms with Gasteiger partial charge < -0.3 is 20.0 Å². The topological polar surface area (TPSA) is 64.6 Å². The fraction of sp³-hybridized carbons (Fsp3) is 0.375. The number of aromatic nitrogens is 2. The number of urea groups is 1. The zero-order chi connectivity index (χ0) is 21.2. The minimum absolute atomic E-state index is 0.0495. The Morgan fingerprint density at radius 3 is 2.35 bits per heavy atom. The van der Waals surface area contributed by atoms with Crippen molar-refractivity contribution in [3.8, 4) is 0 Å². The third-order valence-electron chi connectivity index (χ3n) is 6.11. The number of hydrogen-bond donors (Lipinski definition) is 1. The maximum atomic E-state index is 12.8. The second-order valence-electron chi connectivity index (χ2n) is 8.33. The molecule has 2 aromatic carbocycles. The summed E-state index contributed by atoms with van der Waals surface area (Å²) in [4.78, 5) is 28.7. The van der Waals surface area contributed by atoms with Gasteiger partial charge in [0.15, 0.2) is 0 Å². The maximum Gasteiger partial charge on any atom is 0.321 e. The van der Waals surface area contributed by atoms with E-state index in [-0.39, 0.29) is 6.03 Å². The van der Waals surface area contributed by atoms with Crippen molar-refractivity contribution in [3.63, 3.8) is 0 Å². The Balaban J connectivity index is 1.22. The number of carbonyl (C=O) groups excluding carboxylic acids is 1. The first-order valence-electron chi connectivity index (χ1n) is 11.1. The summed E-state index contributed by atoms with van der Waals surface area (Å²) in [7, 11) is 0. The molecule has 2 saturated heterocycles. The van der Waals surface area contributed by atoms with Crippen LogP contribution in [0.25, 0.3) is 10.8 Å². The number of piperazine rings is 1. The predicted molar refractivity (Wildman–Crippen MR) is 125 cm³/mol. The molecular formula is C24H28N6O. The van der Waals surface area contributed by atoms with Crippen molar-refractivity contribution in [1.29, 1.82) is 0 Å². The summed E-state index contributed by atoms with van der Waals surface area (Å²) in [5, 5.41) is 5.34. The Morgan fingerprint density at radius 2 is 1.58 bits per heavy atom. The monoisotopic (exact) mass is 416 g/mol. The number of carbonyl (C=O) groups is 1. The average Bonchev–Trinajstić information content (AvgIpc) is 3.34. The minimum Gasteiger partial charge on any atom is -0.353 e. The third kappa shape index (κ3) is 4.26. The number of anilines is 3. The van der Waals surface area contributed by atoms with Gasteiger partial charge in [-0.15, -0.1) is 0 Å². The van der Waals surface area contributed by atoms with E-state index in [1.165, 1.54) is 18.2 Å². The van der Waals surface area contributed by atoms with Gasteiger partial charge >= 0.3 is 6.03 Å². The SMILES string of the molecule is Cc1cc(N2CCN(C(=O)Nc3ccc4ccccc4c3)CC2)nc(N2CCCC2)n1. The average molecular weight is 417 g/mol. The van der Waals surface area contributed by atoms with Crippen molar-refractivity contribution in [2.24, 2.45) is 0 Å². The molecule has 3 heterocycles. The van der Waals surface area contributed by atoms with Gasteiger partial charge in [-0.2, -0.15) is 4.98 Å². The number of nitrogens with one attached hydrogen (secondary N) is 1. The molecular weight excluding hydrogens is 388 g/mol. The molecule has 0 saturated carbocycles. The van der Waals surface area contributed by atoms with Crippen molar-refractivity contribution < 1.29 is 4.79 Å². The molecule has 2 aliphatic heterocycles. The molecule has 3 aromatic rings. The Hall–Kier alpha value is -3.35. The van der Waals surface area contributed by atoms with Crippen molar-refractivity contribution in [2.75, 3.05) is 54.4 Å². The van der Waals surface area contributed by atoms with Crippen molar-refractivity contribution in [2.45, 2.75) is 19.8 Å². The Morgan fingerprint density at radius 1 is 0.839 bits per heavy atom. The lowest BCUT2D eigenvalue weighted by molar-refractivity contribution is 0.208. The van der Waals surface area contributed by atoms with Gasteiger partial charge in [-0.3, -0.25) is 0 Å². The summed E-state index contributed by atoms with van der Waals surface area (Å²) in [5.41, 5.74) is 1.82. The van der Waals surface area contributed by atoms with E-state index in [4.69, 9.17) is 4.98 Å². The van der Waals surface area contributed by atoms with Crippen molar-refractivity contribution in [1.82, 2.24) is 14.9 Å². The lowest BCUT2D eigenvalue weighted by atomic mass is 10.1. The minimum atomic E-state index is -0.0495. The number of fused-ring (bicyclic) bond motifs is 1. The highest BCUT2D eigenvalue weighted by atomic mass is 16.2. The van der Waals surface area contributed by atoms with Crippen LogP contribution in [-0.4, -0.2) is 60.2 Å². The summed E-state index contributed by atoms with van der Waals surface area (Å²) in [6.07, 6.45) is 2.41. The quantitative estimate of drug-likeness (QED) is 0.702. The third-order valence-corrected chi connectivity index (χ3v) is 6.11. The summed E-state index contributed by atoms with van der Waals surface area (Å²) in [5.74, 6) is 1.80. The van der Waals surface area contributed by atoms with Gasteiger partial charge in [0.2, 0.25) is 5.95 Å². The fourth-order valence-electron chi connectivity index (χ4n) is 4.37. The molecule has 1 aromatic heterocycles. The molecule has 0 atom stereocenters. The van der Waals surface area contributed by atoms with E-state index in [0.29, 0.717) is 13.1 Å². The van der Waals surface area contributed by atoms with Crippen LogP contribution in [-0.2, 0) is 0 Å². The van der Waals surface area contributed by atoms with Gasteiger partial charge in [-0.25, -0.2) is 9.78 Å². The van der Waals surface area contributed by atoms with Crippen LogP contribution >= 0.6 is 0 Å². The van der Waals surface area contributed by atoms with Crippen molar-refractivity contribution in [3.05, 3.63) is 54.2 Å². The van der Waals surface area contributed by atoms with Gasteiger partial charge in [-0.05, 0) is 42.7 Å². The molecule has 7 heteroatoms. The standard InChI is InChI=1S/C24H28N6O/c1-18-16-22(27-23(25-18)29-10-4-5-11-29)28-12-14-30(15-13-28)24(31)26-21-9-8-19-6-2-3-7-20(19)17-21/h2-3,6-9,16-17H,4-5,10-15H2,1H3,(H,26,31). The van der Waals surface area contributed by atoms with Crippen LogP contribution in [0.3, 0.4) is 0 Å². The van der Waals surface area contributed by atoms with E-state index in [1.54, 1.807) is 0 Å². The first-order chi connectivity index (χ1) is 15.2. The Kier molecular flexibility index (Phi) is 5.32. The van der Waals surface area contributed by atoms with E-state index in [1.807, 2.05) is 48.2 Å². The molecule has 2 aliphatic rings. The second-order valence-corrected chi connectivity index (χ2v) is 8.33. The van der Waals surface area contributed by atoms with Crippen LogP contribution in [0.2, 0.25) is 0 Å². The predicted octanol–water partition coefficient (Wildman–Crippen LogP) is 3.89. The largest absolute Gasteiger partial charge is 0.353 e. The zero-order valence-corrected chi connectivity index (χ0v) is 17.9. The second kappa shape index (κ2) is 8.41. The van der Waals surface area contributed by atoms with E-state index < -0.39 is 0 Å². The molecule has 0 radical (unpaired) electrons. The van der Waals surface area contributed by atoms with E-state index in [9.17, 15) is 4.79 Å². The number of amides is 2. The molecule has 2 fully saturated rings. The summed E-state index contributed by atoms with van der Waals surface area (Å²) < 4.78 is 0. The summed E-state index contributed by atoms with van der Waals surface area (Å²) in [6, 6.07) is 16.2. The zero-order valence-electron chi connectivity index (χ0n) is 17.9. The molecule has 0 aliphatic carbocycles. The molecule has 0 bridgehead atoms. The molecule has 31 heavy (non-hydrogen) atoms. The van der Waals surface area contributed by atoms with Gasteiger partial charge in [0.1, 0.15) is 5.82 Å². The van der Waals surface area contributed by atoms with E-state index in [0.717, 1.165) is 54.7 Å². The number of hydrogen-bond acceptors (Lipinski definition) is 5. The highest BCUT2D eigenvalue weighted by Gasteiger charge is 2.24. The van der Waals surface area contributed by atoms with Crippen LogP contribution < -0.4 is 15.1 Å². The van der Waals surface area contributed by atoms with E-state index in [2.05, 4.69) is 32.2 Å². The highest BCUT2D eigenvalue weighted by molar-refractivity contribution is 5.93. The van der Waals surface area contributed by atoms with Gasteiger partial charge in [0.05, 0.1) is 0 Å². The maximum absolute atomic E-state index is 12.8. The number of aryl methyl sites for hydroxylation is 1. The van der Waals surface area contributed by atoms with Crippen molar-refractivity contribution >= 4 is 34.3 Å². The lowest BCUT2D eigenvalue weighted by Crippen LogP contribution is -2.50. The fourth-order valence-corrected chi connectivity index (χ4v) is 4.37. The van der Waals surface area contributed by atoms with Gasteiger partial charge in [0.25, 0.3) is 0 Å². The molecule has 160 valence electrons. The molecule has 7 nitrogen and oxygen atoms in total. The highest BCUT2D eigenvalue weighted by Crippen LogP contribution is 2.23. The first-order valence-corrected chi connectivity index (χ1v) is 11.1. The van der Waals surface area contributed by atoms with Gasteiger partial charge in [-0.1, -0.05) is 30.3 Å². The number of rotatable bonds is 3. The van der Waals surface area contributed by atoms with E-state index >= 15 is 0 Å². The Bertz CT molecular complexity index is 1090. The first kappa shape index (κ1) is 19.6. The molecule has 0 spiro atoms. The summed E-state index contributed by atoms with van der Waals surface area (Å²) >= 11 is 0. The van der Waals surface area contributed by atoms with Crippen LogP contribution in [0, 0.1) is 6.92 Å². The van der Waals surface area contributed by atoms with Crippen LogP contribution in [0.4, 0.5) is 22.2 Å². The molecule has 0 unspecified atom stereocenters.